The minimum atomic E-state index is -0.0994. The molecule has 116 valence electrons. The Hall–Kier alpha value is -1.85. The molecule has 0 aliphatic heterocycles. The van der Waals surface area contributed by atoms with Crippen molar-refractivity contribution in [2.24, 2.45) is 11.7 Å². The van der Waals surface area contributed by atoms with Crippen LogP contribution in [0.1, 0.15) is 28.1 Å². The molecule has 5 heteroatoms. The van der Waals surface area contributed by atoms with Crippen LogP contribution in [0.15, 0.2) is 41.8 Å². The summed E-state index contributed by atoms with van der Waals surface area (Å²) in [4.78, 5) is 13.3. The zero-order valence-corrected chi connectivity index (χ0v) is 13.1. The van der Waals surface area contributed by atoms with Gasteiger partial charge < -0.3 is 15.8 Å². The number of hydrogen-bond donors (Lipinski definition) is 2. The van der Waals surface area contributed by atoms with E-state index in [2.05, 4.69) is 5.32 Å². The maximum atomic E-state index is 12.2. The number of hydrogen-bond acceptors (Lipinski definition) is 4. The minimum Gasteiger partial charge on any atom is -0.488 e. The fourth-order valence-electron chi connectivity index (χ4n) is 2.28. The van der Waals surface area contributed by atoms with Gasteiger partial charge in [-0.25, -0.2) is 0 Å². The van der Waals surface area contributed by atoms with Crippen LogP contribution in [-0.4, -0.2) is 18.5 Å². The lowest BCUT2D eigenvalue weighted by Gasteiger charge is -2.12. The Morgan fingerprint density at radius 1 is 1.36 bits per heavy atom. The predicted octanol–water partition coefficient (Wildman–Crippen LogP) is 2.79. The second-order valence-electron chi connectivity index (χ2n) is 5.61. The number of carbonyl (C=O) groups is 1. The molecule has 1 amide bonds. The maximum Gasteiger partial charge on any atom is 0.251 e. The zero-order chi connectivity index (χ0) is 15.4. The zero-order valence-electron chi connectivity index (χ0n) is 12.3. The number of thiophene rings is 1. The molecule has 4 nitrogen and oxygen atoms in total. The van der Waals surface area contributed by atoms with E-state index in [0.29, 0.717) is 30.4 Å². The summed E-state index contributed by atoms with van der Waals surface area (Å²) in [6.45, 7) is 1.05. The third-order valence-electron chi connectivity index (χ3n) is 3.78. The monoisotopic (exact) mass is 316 g/mol. The third kappa shape index (κ3) is 4.08. The van der Waals surface area contributed by atoms with Gasteiger partial charge in [-0.3, -0.25) is 4.79 Å². The molecule has 1 unspecified atom stereocenters. The van der Waals surface area contributed by atoms with Gasteiger partial charge in [0.1, 0.15) is 12.4 Å². The Kier molecular flexibility index (Phi) is 4.75. The number of nitrogens with one attached hydrogen (secondary N) is 1. The molecule has 2 aromatic rings. The first-order valence-corrected chi connectivity index (χ1v) is 8.39. The van der Waals surface area contributed by atoms with E-state index in [1.807, 2.05) is 29.6 Å². The standard InChI is InChI=1S/C17H20N2O2S/c18-16(12-6-7-12)10-19-17(20)13-3-1-4-14(9-13)21-11-15-5-2-8-22-15/h1-5,8-9,12,16H,6-7,10-11,18H2,(H,19,20). The molecule has 0 spiro atoms. The molecule has 1 atom stereocenters. The van der Waals surface area contributed by atoms with E-state index in [1.54, 1.807) is 23.5 Å². The highest BCUT2D eigenvalue weighted by Crippen LogP contribution is 2.31. The largest absolute Gasteiger partial charge is 0.488 e. The first-order chi connectivity index (χ1) is 10.7. The van der Waals surface area contributed by atoms with Gasteiger partial charge in [-0.15, -0.1) is 11.3 Å². The van der Waals surface area contributed by atoms with E-state index >= 15 is 0 Å². The van der Waals surface area contributed by atoms with Crippen LogP contribution in [0.2, 0.25) is 0 Å². The summed E-state index contributed by atoms with van der Waals surface area (Å²) in [5.41, 5.74) is 6.60. The van der Waals surface area contributed by atoms with Crippen molar-refractivity contribution in [2.75, 3.05) is 6.54 Å². The van der Waals surface area contributed by atoms with Crippen LogP contribution < -0.4 is 15.8 Å². The average Bonchev–Trinajstić information content (AvgIpc) is 3.27. The first-order valence-electron chi connectivity index (χ1n) is 7.51. The van der Waals surface area contributed by atoms with E-state index in [0.717, 1.165) is 4.88 Å². The summed E-state index contributed by atoms with van der Waals surface area (Å²) >= 11 is 1.65. The van der Waals surface area contributed by atoms with Gasteiger partial charge in [0, 0.05) is 23.0 Å². The Labute approximate surface area is 134 Å². The molecule has 1 fully saturated rings. The molecule has 1 aliphatic rings. The van der Waals surface area contributed by atoms with Crippen molar-refractivity contribution in [3.05, 3.63) is 52.2 Å². The van der Waals surface area contributed by atoms with Gasteiger partial charge in [-0.1, -0.05) is 12.1 Å². The molecule has 3 rings (SSSR count). The number of rotatable bonds is 7. The van der Waals surface area contributed by atoms with Gasteiger partial charge in [-0.05, 0) is 48.4 Å². The van der Waals surface area contributed by atoms with Gasteiger partial charge in [0.15, 0.2) is 0 Å². The smallest absolute Gasteiger partial charge is 0.251 e. The van der Waals surface area contributed by atoms with Gasteiger partial charge >= 0.3 is 0 Å². The topological polar surface area (TPSA) is 64.3 Å². The Morgan fingerprint density at radius 2 is 2.23 bits per heavy atom. The highest BCUT2D eigenvalue weighted by molar-refractivity contribution is 7.09. The summed E-state index contributed by atoms with van der Waals surface area (Å²) in [5, 5.41) is 4.92. The fraction of sp³-hybridized carbons (Fsp3) is 0.353. The molecule has 3 N–H and O–H groups in total. The van der Waals surface area contributed by atoms with Crippen molar-refractivity contribution in [1.82, 2.24) is 5.32 Å². The van der Waals surface area contributed by atoms with Crippen molar-refractivity contribution in [3.63, 3.8) is 0 Å². The molecular formula is C17H20N2O2S. The Bertz CT molecular complexity index is 623. The van der Waals surface area contributed by atoms with E-state index in [4.69, 9.17) is 10.5 Å². The minimum absolute atomic E-state index is 0.0715. The van der Waals surface area contributed by atoms with Crippen LogP contribution in [0.4, 0.5) is 0 Å². The number of nitrogens with two attached hydrogens (primary N) is 1. The average molecular weight is 316 g/mol. The normalized spacial score (nSPS) is 15.3. The first kappa shape index (κ1) is 15.1. The molecule has 0 saturated heterocycles. The van der Waals surface area contributed by atoms with Crippen molar-refractivity contribution in [1.29, 1.82) is 0 Å². The summed E-state index contributed by atoms with van der Waals surface area (Å²) in [7, 11) is 0. The summed E-state index contributed by atoms with van der Waals surface area (Å²) < 4.78 is 5.72. The van der Waals surface area contributed by atoms with Crippen LogP contribution in [0.5, 0.6) is 5.75 Å². The maximum absolute atomic E-state index is 12.2. The SMILES string of the molecule is NC(CNC(=O)c1cccc(OCc2cccs2)c1)C1CC1. The lowest BCUT2D eigenvalue weighted by molar-refractivity contribution is 0.0950. The highest BCUT2D eigenvalue weighted by Gasteiger charge is 2.28. The quantitative estimate of drug-likeness (QED) is 0.825. The summed E-state index contributed by atoms with van der Waals surface area (Å²) in [5.74, 6) is 1.19. The lowest BCUT2D eigenvalue weighted by atomic mass is 10.1. The number of carbonyl (C=O) groups excluding carboxylic acids is 1. The Balaban J connectivity index is 1.54. The molecule has 1 aromatic heterocycles. The number of amides is 1. The summed E-state index contributed by atoms with van der Waals surface area (Å²) in [6.07, 6.45) is 2.37. The second-order valence-corrected chi connectivity index (χ2v) is 6.64. The number of ether oxygens (including phenoxy) is 1. The van der Waals surface area contributed by atoms with Crippen molar-refractivity contribution < 1.29 is 9.53 Å². The predicted molar refractivity (Wildman–Crippen MR) is 88.1 cm³/mol. The van der Waals surface area contributed by atoms with Crippen LogP contribution in [0.25, 0.3) is 0 Å². The van der Waals surface area contributed by atoms with Crippen molar-refractivity contribution in [3.8, 4) is 5.75 Å². The van der Waals surface area contributed by atoms with Crippen LogP contribution in [-0.2, 0) is 6.61 Å². The van der Waals surface area contributed by atoms with Crippen LogP contribution in [0, 0.1) is 5.92 Å². The van der Waals surface area contributed by atoms with E-state index in [1.165, 1.54) is 12.8 Å². The van der Waals surface area contributed by atoms with Crippen LogP contribution in [0.3, 0.4) is 0 Å². The van der Waals surface area contributed by atoms with E-state index < -0.39 is 0 Å². The van der Waals surface area contributed by atoms with E-state index in [9.17, 15) is 4.79 Å². The lowest BCUT2D eigenvalue weighted by Crippen LogP contribution is -2.38. The van der Waals surface area contributed by atoms with Crippen molar-refractivity contribution in [2.45, 2.75) is 25.5 Å². The molecule has 1 heterocycles. The van der Waals surface area contributed by atoms with E-state index in [-0.39, 0.29) is 11.9 Å². The third-order valence-corrected chi connectivity index (χ3v) is 4.63. The molecule has 22 heavy (non-hydrogen) atoms. The molecular weight excluding hydrogens is 296 g/mol. The summed E-state index contributed by atoms with van der Waals surface area (Å²) in [6, 6.07) is 11.3. The van der Waals surface area contributed by atoms with Gasteiger partial charge in [-0.2, -0.15) is 0 Å². The van der Waals surface area contributed by atoms with Gasteiger partial charge in [0.05, 0.1) is 0 Å². The molecule has 0 radical (unpaired) electrons. The second kappa shape index (κ2) is 6.94. The molecule has 1 saturated carbocycles. The molecule has 0 bridgehead atoms. The molecule has 1 aliphatic carbocycles. The molecule has 1 aromatic carbocycles. The Morgan fingerprint density at radius 3 is 2.95 bits per heavy atom. The van der Waals surface area contributed by atoms with Crippen LogP contribution >= 0.6 is 11.3 Å². The fourth-order valence-corrected chi connectivity index (χ4v) is 2.90. The van der Waals surface area contributed by atoms with Gasteiger partial charge in [0.25, 0.3) is 5.91 Å². The van der Waals surface area contributed by atoms with Crippen molar-refractivity contribution >= 4 is 17.2 Å². The number of benzene rings is 1. The highest BCUT2D eigenvalue weighted by atomic mass is 32.1. The van der Waals surface area contributed by atoms with Gasteiger partial charge in [0.2, 0.25) is 0 Å².